The minimum absolute atomic E-state index is 0. The molecule has 0 spiro atoms. The Morgan fingerprint density at radius 3 is 2.39 bits per heavy atom. The minimum Gasteiger partial charge on any atom is -0.364 e. The second-order valence-corrected chi connectivity index (χ2v) is 9.77. The summed E-state index contributed by atoms with van der Waals surface area (Å²) in [5.41, 5.74) is 7.70. The van der Waals surface area contributed by atoms with Gasteiger partial charge in [0, 0.05) is 31.3 Å². The number of anilines is 2. The molecule has 0 bridgehead atoms. The summed E-state index contributed by atoms with van der Waals surface area (Å²) < 4.78 is 2.12. The van der Waals surface area contributed by atoms with Gasteiger partial charge in [0.1, 0.15) is 0 Å². The largest absolute Gasteiger partial charge is 0.364 e. The van der Waals surface area contributed by atoms with E-state index in [2.05, 4.69) is 79.8 Å². The van der Waals surface area contributed by atoms with Crippen molar-refractivity contribution in [1.82, 2.24) is 9.78 Å². The van der Waals surface area contributed by atoms with E-state index in [0.717, 1.165) is 47.7 Å². The maximum atomic E-state index is 12.4. The van der Waals surface area contributed by atoms with Gasteiger partial charge in [0.2, 0.25) is 5.91 Å². The van der Waals surface area contributed by atoms with Crippen LogP contribution in [-0.4, -0.2) is 22.2 Å². The molecule has 0 radical (unpaired) electrons. The highest BCUT2D eigenvalue weighted by Crippen LogP contribution is 2.31. The second kappa shape index (κ2) is 8.22. The summed E-state index contributed by atoms with van der Waals surface area (Å²) in [4.78, 5) is 14.8. The lowest BCUT2D eigenvalue weighted by molar-refractivity contribution is -0.117. The van der Waals surface area contributed by atoms with Gasteiger partial charge in [-0.3, -0.25) is 9.48 Å². The van der Waals surface area contributed by atoms with E-state index in [0.29, 0.717) is 6.42 Å². The molecule has 5 nitrogen and oxygen atoms in total. The van der Waals surface area contributed by atoms with Crippen molar-refractivity contribution >= 4 is 17.3 Å². The first kappa shape index (κ1) is 21.2. The Morgan fingerprint density at radius 1 is 1.06 bits per heavy atom. The second-order valence-electron chi connectivity index (χ2n) is 9.77. The predicted octanol–water partition coefficient (Wildman–Crippen LogP) is 5.81. The van der Waals surface area contributed by atoms with Crippen LogP contribution in [-0.2, 0) is 17.9 Å². The van der Waals surface area contributed by atoms with Gasteiger partial charge in [-0.05, 0) is 48.6 Å². The molecule has 0 saturated carbocycles. The number of hydrogen-bond acceptors (Lipinski definition) is 3. The summed E-state index contributed by atoms with van der Waals surface area (Å²) in [5.74, 6) is 0.0711. The molecule has 4 rings (SSSR count). The summed E-state index contributed by atoms with van der Waals surface area (Å²) in [6.07, 6.45) is 0.507. The number of amides is 1. The molecule has 0 atom stereocenters. The van der Waals surface area contributed by atoms with Crippen molar-refractivity contribution < 1.29 is 6.22 Å². The lowest BCUT2D eigenvalue weighted by Gasteiger charge is -2.30. The molecule has 1 aromatic heterocycles. The lowest BCUT2D eigenvalue weighted by Crippen LogP contribution is -2.33. The zero-order chi connectivity index (χ0) is 22.2. The molecule has 5 heteroatoms. The number of carbonyl (C=O) groups is 1. The van der Waals surface area contributed by atoms with Crippen molar-refractivity contribution in [3.63, 3.8) is 0 Å². The Bertz CT molecular complexity index is 1080. The minimum atomic E-state index is -0.0266. The molecule has 1 N–H and O–H groups in total. The number of hydrogen-bond donors (Lipinski definition) is 1. The van der Waals surface area contributed by atoms with Crippen molar-refractivity contribution in [1.29, 1.82) is 0 Å². The standard InChI is InChI=1S/C26H32N4O.H2/c1-18-13-21(14-19(2)25(18)27-24(31)16-26(3,4)5)29-11-12-30-22(17-29)15-23(28-30)20-9-7-6-8-10-20;/h6-10,13-15H,11-12,16-17H2,1-5H3,(H,27,31);1H. The first-order chi connectivity index (χ1) is 14.7. The molecular weight excluding hydrogens is 384 g/mol. The number of nitrogens with zero attached hydrogens (tertiary/aromatic N) is 3. The molecule has 1 amide bonds. The topological polar surface area (TPSA) is 50.2 Å². The smallest absolute Gasteiger partial charge is 0.224 e. The normalized spacial score (nSPS) is 13.8. The van der Waals surface area contributed by atoms with Crippen LogP contribution < -0.4 is 10.2 Å². The molecule has 1 aliphatic rings. The fraction of sp³-hybridized carbons (Fsp3) is 0.385. The van der Waals surface area contributed by atoms with E-state index in [9.17, 15) is 4.79 Å². The molecule has 164 valence electrons. The Kier molecular flexibility index (Phi) is 5.61. The van der Waals surface area contributed by atoms with Crippen LogP contribution in [0.2, 0.25) is 0 Å². The quantitative estimate of drug-likeness (QED) is 0.582. The van der Waals surface area contributed by atoms with Gasteiger partial charge < -0.3 is 10.2 Å². The summed E-state index contributed by atoms with van der Waals surface area (Å²) in [7, 11) is 0. The van der Waals surface area contributed by atoms with E-state index in [-0.39, 0.29) is 12.7 Å². The fourth-order valence-corrected chi connectivity index (χ4v) is 4.22. The van der Waals surface area contributed by atoms with Gasteiger partial charge in [-0.1, -0.05) is 51.1 Å². The SMILES string of the molecule is Cc1cc(N2CCn3nc(-c4ccccc4)cc3C2)cc(C)c1NC(=O)CC(C)(C)C.[HH]. The van der Waals surface area contributed by atoms with E-state index < -0.39 is 0 Å². The number of aryl methyl sites for hydroxylation is 2. The van der Waals surface area contributed by atoms with Crippen molar-refractivity contribution in [3.05, 3.63) is 65.4 Å². The first-order valence-corrected chi connectivity index (χ1v) is 11.0. The van der Waals surface area contributed by atoms with E-state index >= 15 is 0 Å². The monoisotopic (exact) mass is 418 g/mol. The van der Waals surface area contributed by atoms with E-state index in [1.165, 1.54) is 11.4 Å². The van der Waals surface area contributed by atoms with Gasteiger partial charge in [0.05, 0.1) is 24.5 Å². The van der Waals surface area contributed by atoms with Gasteiger partial charge in [0.15, 0.2) is 0 Å². The average Bonchev–Trinajstić information content (AvgIpc) is 3.13. The molecule has 2 heterocycles. The van der Waals surface area contributed by atoms with E-state index in [1.54, 1.807) is 0 Å². The van der Waals surface area contributed by atoms with Crippen LogP contribution in [0.1, 0.15) is 45.4 Å². The van der Waals surface area contributed by atoms with Gasteiger partial charge in [-0.15, -0.1) is 0 Å². The molecular formula is C26H34N4O. The van der Waals surface area contributed by atoms with Crippen LogP contribution in [0.3, 0.4) is 0 Å². The Morgan fingerprint density at radius 2 is 1.74 bits per heavy atom. The zero-order valence-electron chi connectivity index (χ0n) is 19.2. The number of carbonyl (C=O) groups excluding carboxylic acids is 1. The molecule has 0 saturated heterocycles. The van der Waals surface area contributed by atoms with Crippen molar-refractivity contribution in [2.24, 2.45) is 5.41 Å². The van der Waals surface area contributed by atoms with Gasteiger partial charge >= 0.3 is 0 Å². The number of benzene rings is 2. The van der Waals surface area contributed by atoms with Crippen LogP contribution >= 0.6 is 0 Å². The van der Waals surface area contributed by atoms with E-state index in [4.69, 9.17) is 5.10 Å². The highest BCUT2D eigenvalue weighted by Gasteiger charge is 2.21. The predicted molar refractivity (Wildman–Crippen MR) is 129 cm³/mol. The lowest BCUT2D eigenvalue weighted by atomic mass is 9.92. The maximum absolute atomic E-state index is 12.4. The third-order valence-corrected chi connectivity index (χ3v) is 5.71. The Labute approximate surface area is 186 Å². The molecule has 0 fully saturated rings. The van der Waals surface area contributed by atoms with Crippen LogP contribution in [0, 0.1) is 19.3 Å². The molecule has 1 aliphatic heterocycles. The molecule has 0 aliphatic carbocycles. The summed E-state index contributed by atoms with van der Waals surface area (Å²) in [6.45, 7) is 13.0. The summed E-state index contributed by atoms with van der Waals surface area (Å²) in [6, 6.07) is 16.9. The van der Waals surface area contributed by atoms with Crippen LogP contribution in [0.5, 0.6) is 0 Å². The molecule has 2 aromatic carbocycles. The van der Waals surface area contributed by atoms with E-state index in [1.807, 2.05) is 18.2 Å². The number of aromatic nitrogens is 2. The van der Waals surface area contributed by atoms with Crippen LogP contribution in [0.15, 0.2) is 48.5 Å². The number of nitrogens with one attached hydrogen (secondary N) is 1. The van der Waals surface area contributed by atoms with Crippen molar-refractivity contribution in [2.45, 2.75) is 54.1 Å². The summed E-state index contributed by atoms with van der Waals surface area (Å²) >= 11 is 0. The van der Waals surface area contributed by atoms with Crippen molar-refractivity contribution in [2.75, 3.05) is 16.8 Å². The molecule has 31 heavy (non-hydrogen) atoms. The zero-order valence-corrected chi connectivity index (χ0v) is 19.2. The highest BCUT2D eigenvalue weighted by atomic mass is 16.1. The molecule has 0 unspecified atom stereocenters. The molecule has 3 aromatic rings. The summed E-state index contributed by atoms with van der Waals surface area (Å²) in [5, 5.41) is 7.93. The van der Waals surface area contributed by atoms with Gasteiger partial charge in [-0.2, -0.15) is 5.10 Å². The number of rotatable bonds is 4. The Hall–Kier alpha value is -3.08. The maximum Gasteiger partial charge on any atom is 0.224 e. The first-order valence-electron chi connectivity index (χ1n) is 11.0. The number of fused-ring (bicyclic) bond motifs is 1. The van der Waals surface area contributed by atoms with Crippen LogP contribution in [0.4, 0.5) is 11.4 Å². The van der Waals surface area contributed by atoms with Gasteiger partial charge in [0.25, 0.3) is 0 Å². The van der Waals surface area contributed by atoms with Crippen LogP contribution in [0.25, 0.3) is 11.3 Å². The third kappa shape index (κ3) is 4.82. The average molecular weight is 419 g/mol. The third-order valence-electron chi connectivity index (χ3n) is 5.71. The van der Waals surface area contributed by atoms with Crippen molar-refractivity contribution in [3.8, 4) is 11.3 Å². The van der Waals surface area contributed by atoms with Gasteiger partial charge in [-0.25, -0.2) is 0 Å². The Balaban J connectivity index is 0.00000289. The highest BCUT2D eigenvalue weighted by molar-refractivity contribution is 5.93. The fourth-order valence-electron chi connectivity index (χ4n) is 4.22.